The molecule has 1 fully saturated rings. The van der Waals surface area contributed by atoms with Crippen molar-refractivity contribution < 1.29 is 14.7 Å². The van der Waals surface area contributed by atoms with Gasteiger partial charge in [0, 0.05) is 18.9 Å². The zero-order valence-corrected chi connectivity index (χ0v) is 12.7. The predicted octanol–water partition coefficient (Wildman–Crippen LogP) is 1.08. The smallest absolute Gasteiger partial charge is 0.326 e. The van der Waals surface area contributed by atoms with Crippen LogP contribution in [0.5, 0.6) is 0 Å². The fraction of sp³-hybridized carbons (Fsp3) is 0.375. The minimum atomic E-state index is -1.04. The molecule has 1 amide bonds. The molecular formula is C16H17N3O4. The minimum Gasteiger partial charge on any atom is -0.480 e. The zero-order chi connectivity index (χ0) is 16.6. The molecule has 2 aromatic rings. The second-order valence-corrected chi connectivity index (χ2v) is 5.76. The standard InChI is InChI=1S/C16H17N3O4/c1-10-5-6-13-17-8-11(15(21)19(13)9-10)14(20)18-7-3-2-4-12(18)16(22)23/h5-6,8-9,12H,2-4,7H2,1H3,(H,22,23). The SMILES string of the molecule is Cc1ccc2ncc(C(=O)N3CCCCC3C(=O)O)c(=O)n2c1. The van der Waals surface area contributed by atoms with Crippen LogP contribution in [0.4, 0.5) is 0 Å². The summed E-state index contributed by atoms with van der Waals surface area (Å²) < 4.78 is 1.32. The third-order valence-corrected chi connectivity index (χ3v) is 4.13. The summed E-state index contributed by atoms with van der Waals surface area (Å²) in [6.07, 6.45) is 4.75. The number of fused-ring (bicyclic) bond motifs is 1. The van der Waals surface area contributed by atoms with Gasteiger partial charge in [0.05, 0.1) is 0 Å². The van der Waals surface area contributed by atoms with Crippen LogP contribution < -0.4 is 5.56 Å². The molecule has 1 unspecified atom stereocenters. The Morgan fingerprint density at radius 2 is 2.09 bits per heavy atom. The van der Waals surface area contributed by atoms with Crippen molar-refractivity contribution >= 4 is 17.5 Å². The number of carbonyl (C=O) groups is 2. The summed E-state index contributed by atoms with van der Waals surface area (Å²) >= 11 is 0. The molecule has 7 heteroatoms. The Morgan fingerprint density at radius 1 is 1.30 bits per heavy atom. The molecule has 2 aromatic heterocycles. The van der Waals surface area contributed by atoms with Gasteiger partial charge in [-0.25, -0.2) is 9.78 Å². The van der Waals surface area contributed by atoms with Crippen LogP contribution >= 0.6 is 0 Å². The van der Waals surface area contributed by atoms with Crippen LogP contribution in [0.25, 0.3) is 5.65 Å². The number of piperidine rings is 1. The van der Waals surface area contributed by atoms with Gasteiger partial charge in [-0.15, -0.1) is 0 Å². The van der Waals surface area contributed by atoms with Crippen molar-refractivity contribution in [1.29, 1.82) is 0 Å². The second kappa shape index (κ2) is 5.83. The van der Waals surface area contributed by atoms with Crippen LogP contribution in [-0.2, 0) is 4.79 Å². The van der Waals surface area contributed by atoms with E-state index in [4.69, 9.17) is 0 Å². The molecule has 7 nitrogen and oxygen atoms in total. The van der Waals surface area contributed by atoms with Gasteiger partial charge in [0.25, 0.3) is 11.5 Å². The molecule has 1 aliphatic heterocycles. The predicted molar refractivity (Wildman–Crippen MR) is 82.5 cm³/mol. The Hall–Kier alpha value is -2.70. The summed E-state index contributed by atoms with van der Waals surface area (Å²) in [6.45, 7) is 2.18. The summed E-state index contributed by atoms with van der Waals surface area (Å²) in [4.78, 5) is 42.0. The number of hydrogen-bond acceptors (Lipinski definition) is 4. The van der Waals surface area contributed by atoms with Gasteiger partial charge < -0.3 is 10.0 Å². The highest BCUT2D eigenvalue weighted by atomic mass is 16.4. The lowest BCUT2D eigenvalue weighted by atomic mass is 10.0. The lowest BCUT2D eigenvalue weighted by Gasteiger charge is -2.32. The molecule has 0 saturated carbocycles. The monoisotopic (exact) mass is 315 g/mol. The Bertz CT molecular complexity index is 843. The van der Waals surface area contributed by atoms with Crippen molar-refractivity contribution in [2.45, 2.75) is 32.2 Å². The number of rotatable bonds is 2. The van der Waals surface area contributed by atoms with Crippen molar-refractivity contribution in [1.82, 2.24) is 14.3 Å². The van der Waals surface area contributed by atoms with E-state index in [1.54, 1.807) is 12.3 Å². The fourth-order valence-corrected chi connectivity index (χ4v) is 2.92. The molecule has 0 aliphatic carbocycles. The van der Waals surface area contributed by atoms with Gasteiger partial charge in [-0.1, -0.05) is 6.07 Å². The number of likely N-dealkylation sites (tertiary alicyclic amines) is 1. The number of carboxylic acid groups (broad SMARTS) is 1. The van der Waals surface area contributed by atoms with Crippen LogP contribution in [0.2, 0.25) is 0 Å². The van der Waals surface area contributed by atoms with Crippen LogP contribution in [0, 0.1) is 6.92 Å². The highest BCUT2D eigenvalue weighted by Gasteiger charge is 2.33. The molecule has 3 heterocycles. The summed E-state index contributed by atoms with van der Waals surface area (Å²) in [5, 5.41) is 9.29. The molecule has 1 aliphatic rings. The van der Waals surface area contributed by atoms with Gasteiger partial charge in [0.2, 0.25) is 0 Å². The summed E-state index contributed by atoms with van der Waals surface area (Å²) in [5.74, 6) is -1.60. The quantitative estimate of drug-likeness (QED) is 0.895. The minimum absolute atomic E-state index is 0.0961. The van der Waals surface area contributed by atoms with Crippen molar-refractivity contribution in [2.24, 2.45) is 0 Å². The Labute approximate surface area is 132 Å². The van der Waals surface area contributed by atoms with E-state index in [1.165, 1.54) is 15.5 Å². The molecule has 1 atom stereocenters. The van der Waals surface area contributed by atoms with Gasteiger partial charge >= 0.3 is 5.97 Å². The van der Waals surface area contributed by atoms with E-state index in [2.05, 4.69) is 4.98 Å². The molecule has 120 valence electrons. The first-order valence-corrected chi connectivity index (χ1v) is 7.51. The Balaban J connectivity index is 2.05. The first-order valence-electron chi connectivity index (χ1n) is 7.51. The van der Waals surface area contributed by atoms with E-state index in [0.717, 1.165) is 18.4 Å². The van der Waals surface area contributed by atoms with Crippen LogP contribution in [-0.4, -0.2) is 43.9 Å². The third-order valence-electron chi connectivity index (χ3n) is 4.13. The normalized spacial score (nSPS) is 18.1. The molecule has 0 spiro atoms. The van der Waals surface area contributed by atoms with Crippen molar-refractivity contribution in [2.75, 3.05) is 6.54 Å². The van der Waals surface area contributed by atoms with E-state index in [0.29, 0.717) is 18.6 Å². The van der Waals surface area contributed by atoms with Crippen LogP contribution in [0.3, 0.4) is 0 Å². The first kappa shape index (κ1) is 15.2. The molecular weight excluding hydrogens is 298 g/mol. The Morgan fingerprint density at radius 3 is 2.83 bits per heavy atom. The maximum atomic E-state index is 12.7. The molecule has 0 aromatic carbocycles. The lowest BCUT2D eigenvalue weighted by molar-refractivity contribution is -0.143. The number of aromatic nitrogens is 2. The highest BCUT2D eigenvalue weighted by molar-refractivity contribution is 5.96. The van der Waals surface area contributed by atoms with Crippen molar-refractivity contribution in [3.63, 3.8) is 0 Å². The fourth-order valence-electron chi connectivity index (χ4n) is 2.92. The van der Waals surface area contributed by atoms with Gasteiger partial charge in [-0.05, 0) is 37.8 Å². The molecule has 3 rings (SSSR count). The average molecular weight is 315 g/mol. The first-order chi connectivity index (χ1) is 11.0. The maximum absolute atomic E-state index is 12.7. The number of amides is 1. The molecule has 0 radical (unpaired) electrons. The van der Waals surface area contributed by atoms with Gasteiger partial charge in [-0.2, -0.15) is 0 Å². The topological polar surface area (TPSA) is 92.0 Å². The number of carbonyl (C=O) groups excluding carboxylic acids is 1. The largest absolute Gasteiger partial charge is 0.480 e. The average Bonchev–Trinajstić information content (AvgIpc) is 2.55. The van der Waals surface area contributed by atoms with Gasteiger partial charge in [0.15, 0.2) is 0 Å². The molecule has 1 saturated heterocycles. The number of pyridine rings is 1. The number of aryl methyl sites for hydroxylation is 1. The van der Waals surface area contributed by atoms with E-state index in [9.17, 15) is 19.5 Å². The summed E-state index contributed by atoms with van der Waals surface area (Å²) in [7, 11) is 0. The maximum Gasteiger partial charge on any atom is 0.326 e. The lowest BCUT2D eigenvalue weighted by Crippen LogP contribution is -2.49. The van der Waals surface area contributed by atoms with Crippen molar-refractivity contribution in [3.05, 3.63) is 46.0 Å². The van der Waals surface area contributed by atoms with E-state index in [-0.39, 0.29) is 5.56 Å². The number of hydrogen-bond donors (Lipinski definition) is 1. The molecule has 23 heavy (non-hydrogen) atoms. The second-order valence-electron chi connectivity index (χ2n) is 5.76. The zero-order valence-electron chi connectivity index (χ0n) is 12.7. The number of carboxylic acids is 1. The number of aliphatic carboxylic acids is 1. The van der Waals surface area contributed by atoms with Crippen LogP contribution in [0.15, 0.2) is 29.3 Å². The van der Waals surface area contributed by atoms with Crippen LogP contribution in [0.1, 0.15) is 35.2 Å². The van der Waals surface area contributed by atoms with Gasteiger partial charge in [0.1, 0.15) is 17.3 Å². The van der Waals surface area contributed by atoms with Gasteiger partial charge in [-0.3, -0.25) is 14.0 Å². The van der Waals surface area contributed by atoms with E-state index < -0.39 is 23.5 Å². The summed E-state index contributed by atoms with van der Waals surface area (Å²) in [6, 6.07) is 2.65. The Kier molecular flexibility index (Phi) is 3.85. The molecule has 1 N–H and O–H groups in total. The van der Waals surface area contributed by atoms with E-state index >= 15 is 0 Å². The van der Waals surface area contributed by atoms with E-state index in [1.807, 2.05) is 13.0 Å². The van der Waals surface area contributed by atoms with Crippen molar-refractivity contribution in [3.8, 4) is 0 Å². The third kappa shape index (κ3) is 2.69. The highest BCUT2D eigenvalue weighted by Crippen LogP contribution is 2.19. The number of nitrogens with zero attached hydrogens (tertiary/aromatic N) is 3. The molecule has 0 bridgehead atoms. The summed E-state index contributed by atoms with van der Waals surface area (Å²) in [5.41, 5.74) is 0.748.